The zero-order chi connectivity index (χ0) is 26.7. The first-order chi connectivity index (χ1) is 17.6. The molecule has 0 unspecified atom stereocenters. The number of thioether (sulfide) groups is 1. The van der Waals surface area contributed by atoms with Crippen LogP contribution in [0.4, 0.5) is 14.6 Å². The van der Waals surface area contributed by atoms with Crippen LogP contribution in [0, 0.1) is 11.6 Å². The summed E-state index contributed by atoms with van der Waals surface area (Å²) in [5.74, 6) is -1.07. The lowest BCUT2D eigenvalue weighted by atomic mass is 9.87. The summed E-state index contributed by atoms with van der Waals surface area (Å²) in [5, 5.41) is 7.09. The number of ether oxygens (including phenoxy) is 1. The van der Waals surface area contributed by atoms with Crippen LogP contribution in [0.5, 0.6) is 0 Å². The molecule has 0 fully saturated rings. The van der Waals surface area contributed by atoms with Gasteiger partial charge in [0.1, 0.15) is 24.0 Å². The number of methoxy groups -OCH3 is 1. The van der Waals surface area contributed by atoms with Gasteiger partial charge in [-0.1, -0.05) is 39.0 Å². The lowest BCUT2D eigenvalue weighted by Crippen LogP contribution is -2.43. The zero-order valence-electron chi connectivity index (χ0n) is 21.3. The van der Waals surface area contributed by atoms with Crippen molar-refractivity contribution in [2.45, 2.75) is 31.4 Å². The number of hydrogen-bond donors (Lipinski definition) is 1. The smallest absolute Gasteiger partial charge is 0.240 e. The maximum atomic E-state index is 15.1. The monoisotopic (exact) mass is 528 g/mol. The highest BCUT2D eigenvalue weighted by Crippen LogP contribution is 2.48. The van der Waals surface area contributed by atoms with Gasteiger partial charge in [0, 0.05) is 30.2 Å². The van der Waals surface area contributed by atoms with Crippen molar-refractivity contribution in [1.82, 2.24) is 15.1 Å². The Morgan fingerprint density at radius 1 is 1.16 bits per heavy atom. The quantitative estimate of drug-likeness (QED) is 0.461. The summed E-state index contributed by atoms with van der Waals surface area (Å²) in [6, 6.07) is 12.2. The Morgan fingerprint density at radius 3 is 2.51 bits per heavy atom. The van der Waals surface area contributed by atoms with Gasteiger partial charge < -0.3 is 10.1 Å². The van der Waals surface area contributed by atoms with Crippen LogP contribution in [0.15, 0.2) is 48.5 Å². The van der Waals surface area contributed by atoms with E-state index in [1.54, 1.807) is 35.0 Å². The van der Waals surface area contributed by atoms with Gasteiger partial charge in [0.05, 0.1) is 29.0 Å². The van der Waals surface area contributed by atoms with Gasteiger partial charge >= 0.3 is 0 Å². The van der Waals surface area contributed by atoms with Crippen molar-refractivity contribution in [3.05, 3.63) is 77.0 Å². The van der Waals surface area contributed by atoms with Crippen LogP contribution < -0.4 is 10.2 Å². The highest BCUT2D eigenvalue weighted by molar-refractivity contribution is 8.00. The van der Waals surface area contributed by atoms with E-state index in [0.29, 0.717) is 41.5 Å². The molecule has 2 amide bonds. The molecule has 10 heteroatoms. The van der Waals surface area contributed by atoms with Crippen LogP contribution in [0.2, 0.25) is 0 Å². The van der Waals surface area contributed by atoms with Gasteiger partial charge in [0.2, 0.25) is 11.8 Å². The SMILES string of the molecule is COCCNC(=O)CN1C(=O)CS[C@@H](c2ccccc2F)c2c(C(C)(C)C)nn(-c3ccc(F)cc3)c21. The number of halogens is 2. The first-order valence-electron chi connectivity index (χ1n) is 11.9. The summed E-state index contributed by atoms with van der Waals surface area (Å²) in [6.45, 7) is 6.34. The predicted octanol–water partition coefficient (Wildman–Crippen LogP) is 4.38. The lowest BCUT2D eigenvalue weighted by molar-refractivity contribution is -0.123. The molecule has 1 aliphatic rings. The van der Waals surface area contributed by atoms with Crippen LogP contribution in [0.3, 0.4) is 0 Å². The van der Waals surface area contributed by atoms with Crippen molar-refractivity contribution in [2.24, 2.45) is 0 Å². The molecule has 0 bridgehead atoms. The zero-order valence-corrected chi connectivity index (χ0v) is 22.1. The van der Waals surface area contributed by atoms with E-state index in [9.17, 15) is 14.0 Å². The van der Waals surface area contributed by atoms with Crippen molar-refractivity contribution in [1.29, 1.82) is 0 Å². The molecule has 1 aliphatic heterocycles. The van der Waals surface area contributed by atoms with E-state index in [4.69, 9.17) is 9.84 Å². The van der Waals surface area contributed by atoms with E-state index in [0.717, 1.165) is 0 Å². The normalized spacial score (nSPS) is 15.9. The third-order valence-corrected chi connectivity index (χ3v) is 7.22. The molecule has 2 aromatic carbocycles. The highest BCUT2D eigenvalue weighted by atomic mass is 32.2. The van der Waals surface area contributed by atoms with Gasteiger partial charge in [-0.3, -0.25) is 14.5 Å². The summed E-state index contributed by atoms with van der Waals surface area (Å²) in [7, 11) is 1.53. The minimum absolute atomic E-state index is 0.0338. The first kappa shape index (κ1) is 26.8. The van der Waals surface area contributed by atoms with Crippen molar-refractivity contribution in [2.75, 3.05) is 37.5 Å². The number of hydrogen-bond acceptors (Lipinski definition) is 5. The molecule has 3 aromatic rings. The third-order valence-electron chi connectivity index (χ3n) is 5.99. The lowest BCUT2D eigenvalue weighted by Gasteiger charge is -2.24. The number of carbonyl (C=O) groups excluding carboxylic acids is 2. The summed E-state index contributed by atoms with van der Waals surface area (Å²) in [5.41, 5.74) is 1.77. The van der Waals surface area contributed by atoms with Gasteiger partial charge in [-0.05, 0) is 30.3 Å². The van der Waals surface area contributed by atoms with E-state index >= 15 is 4.39 Å². The molecular formula is C27H30F2N4O3S. The number of nitrogens with zero attached hydrogens (tertiary/aromatic N) is 3. The number of amides is 2. The van der Waals surface area contributed by atoms with Gasteiger partial charge in [-0.2, -0.15) is 5.10 Å². The number of anilines is 1. The number of benzene rings is 2. The molecule has 0 saturated carbocycles. The average molecular weight is 529 g/mol. The molecule has 4 rings (SSSR count). The Morgan fingerprint density at radius 2 is 1.86 bits per heavy atom. The van der Waals surface area contributed by atoms with Gasteiger partial charge in [-0.15, -0.1) is 11.8 Å². The molecule has 1 atom stereocenters. The molecule has 37 heavy (non-hydrogen) atoms. The summed E-state index contributed by atoms with van der Waals surface area (Å²) >= 11 is 1.30. The second kappa shape index (κ2) is 11.0. The van der Waals surface area contributed by atoms with Crippen LogP contribution in [-0.4, -0.2) is 54.2 Å². The summed E-state index contributed by atoms with van der Waals surface area (Å²) in [4.78, 5) is 27.8. The Kier molecular flexibility index (Phi) is 7.99. The van der Waals surface area contributed by atoms with Crippen LogP contribution in [0.1, 0.15) is 42.8 Å². The highest BCUT2D eigenvalue weighted by Gasteiger charge is 2.40. The topological polar surface area (TPSA) is 76.5 Å². The van der Waals surface area contributed by atoms with Gasteiger partial charge in [0.15, 0.2) is 0 Å². The molecule has 0 aliphatic carbocycles. The summed E-state index contributed by atoms with van der Waals surface area (Å²) < 4.78 is 35.5. The number of rotatable bonds is 7. The molecule has 1 aromatic heterocycles. The number of aromatic nitrogens is 2. The minimum Gasteiger partial charge on any atom is -0.383 e. The van der Waals surface area contributed by atoms with Crippen LogP contribution in [0.25, 0.3) is 5.69 Å². The third kappa shape index (κ3) is 5.70. The van der Waals surface area contributed by atoms with Gasteiger partial charge in [-0.25, -0.2) is 13.5 Å². The Balaban J connectivity index is 1.96. The molecule has 1 N–H and O–H groups in total. The van der Waals surface area contributed by atoms with Gasteiger partial charge in [0.25, 0.3) is 0 Å². The van der Waals surface area contributed by atoms with Crippen LogP contribution >= 0.6 is 11.8 Å². The standard InChI is InChI=1S/C27H30F2N4O3S/c1-27(2,3)25-23-24(19-7-5-6-8-20(19)29)37-16-22(35)32(15-21(34)30-13-14-36-4)26(23)33(31-25)18-11-9-17(28)10-12-18/h5-12,24H,13-16H2,1-4H3,(H,30,34)/t24-/m0/s1. The fourth-order valence-corrected chi connectivity index (χ4v) is 5.48. The maximum absolute atomic E-state index is 15.1. The molecule has 7 nitrogen and oxygen atoms in total. The largest absolute Gasteiger partial charge is 0.383 e. The number of carbonyl (C=O) groups is 2. The molecule has 0 saturated heterocycles. The molecule has 196 valence electrons. The van der Waals surface area contributed by atoms with E-state index in [1.807, 2.05) is 20.8 Å². The fourth-order valence-electron chi connectivity index (χ4n) is 4.26. The minimum atomic E-state index is -0.551. The average Bonchev–Trinajstić information content (AvgIpc) is 3.19. The Bertz CT molecular complexity index is 1290. The van der Waals surface area contributed by atoms with E-state index in [1.165, 1.54) is 42.0 Å². The molecular weight excluding hydrogens is 498 g/mol. The molecule has 0 radical (unpaired) electrons. The Hall–Kier alpha value is -3.24. The second-order valence-electron chi connectivity index (χ2n) is 9.76. The van der Waals surface area contributed by atoms with E-state index in [2.05, 4.69) is 5.32 Å². The molecule has 0 spiro atoms. The van der Waals surface area contributed by atoms with Crippen molar-refractivity contribution < 1.29 is 23.1 Å². The maximum Gasteiger partial charge on any atom is 0.240 e. The predicted molar refractivity (Wildman–Crippen MR) is 140 cm³/mol. The second-order valence-corrected chi connectivity index (χ2v) is 10.9. The van der Waals surface area contributed by atoms with Crippen molar-refractivity contribution in [3.8, 4) is 5.69 Å². The van der Waals surface area contributed by atoms with E-state index < -0.39 is 22.3 Å². The van der Waals surface area contributed by atoms with E-state index in [-0.39, 0.29) is 24.1 Å². The summed E-state index contributed by atoms with van der Waals surface area (Å²) in [6.07, 6.45) is 0. The van der Waals surface area contributed by atoms with Crippen molar-refractivity contribution in [3.63, 3.8) is 0 Å². The number of nitrogens with one attached hydrogen (secondary N) is 1. The van der Waals surface area contributed by atoms with Crippen LogP contribution in [-0.2, 0) is 19.7 Å². The number of fused-ring (bicyclic) bond motifs is 1. The first-order valence-corrected chi connectivity index (χ1v) is 13.0. The Labute approximate surface area is 219 Å². The fraction of sp³-hybridized carbons (Fsp3) is 0.370. The molecule has 2 heterocycles. The van der Waals surface area contributed by atoms with Crippen molar-refractivity contribution >= 4 is 29.4 Å².